The maximum atomic E-state index is 13.1. The first-order chi connectivity index (χ1) is 16.3. The van der Waals surface area contributed by atoms with Crippen LogP contribution in [0.25, 0.3) is 11.4 Å². The zero-order chi connectivity index (χ0) is 22.5. The SMILES string of the molecule is O=C(Nc1cccc(-c2nnc3n2CCCCC3)c1)c1ccccc1COc1ccccc1. The van der Waals surface area contributed by atoms with Crippen molar-refractivity contribution in [1.29, 1.82) is 0 Å². The average molecular weight is 439 g/mol. The van der Waals surface area contributed by atoms with Crippen LogP contribution in [0.5, 0.6) is 5.75 Å². The number of nitrogens with zero attached hydrogens (tertiary/aromatic N) is 3. The highest BCUT2D eigenvalue weighted by Gasteiger charge is 2.17. The predicted octanol–water partition coefficient (Wildman–Crippen LogP) is 5.50. The topological polar surface area (TPSA) is 69.0 Å². The first-order valence-electron chi connectivity index (χ1n) is 11.4. The molecule has 2 heterocycles. The van der Waals surface area contributed by atoms with E-state index in [2.05, 4.69) is 20.1 Å². The molecule has 0 fully saturated rings. The Bertz CT molecular complexity index is 1250. The Morgan fingerprint density at radius 3 is 2.67 bits per heavy atom. The average Bonchev–Trinajstić information content (AvgIpc) is 3.12. The van der Waals surface area contributed by atoms with Gasteiger partial charge in [-0.15, -0.1) is 10.2 Å². The molecule has 6 heteroatoms. The lowest BCUT2D eigenvalue weighted by Gasteiger charge is -2.12. The minimum atomic E-state index is -0.167. The molecule has 4 aromatic rings. The molecule has 0 aliphatic carbocycles. The second kappa shape index (κ2) is 9.69. The summed E-state index contributed by atoms with van der Waals surface area (Å²) in [6, 6.07) is 24.9. The van der Waals surface area contributed by atoms with Crippen molar-refractivity contribution in [2.45, 2.75) is 38.8 Å². The lowest BCUT2D eigenvalue weighted by atomic mass is 10.1. The summed E-state index contributed by atoms with van der Waals surface area (Å²) in [5.74, 6) is 2.51. The molecule has 6 nitrogen and oxygen atoms in total. The van der Waals surface area contributed by atoms with E-state index >= 15 is 0 Å². The van der Waals surface area contributed by atoms with E-state index in [0.717, 1.165) is 60.0 Å². The van der Waals surface area contributed by atoms with Crippen LogP contribution in [0, 0.1) is 0 Å². The second-order valence-electron chi connectivity index (χ2n) is 8.20. The highest BCUT2D eigenvalue weighted by molar-refractivity contribution is 6.05. The number of anilines is 1. The van der Waals surface area contributed by atoms with Crippen molar-refractivity contribution in [3.63, 3.8) is 0 Å². The van der Waals surface area contributed by atoms with Gasteiger partial charge < -0.3 is 14.6 Å². The van der Waals surface area contributed by atoms with Crippen LogP contribution in [0.3, 0.4) is 0 Å². The number of carbonyl (C=O) groups excluding carboxylic acids is 1. The number of aryl methyl sites for hydroxylation is 1. The van der Waals surface area contributed by atoms with Gasteiger partial charge >= 0.3 is 0 Å². The lowest BCUT2D eigenvalue weighted by Crippen LogP contribution is -2.15. The molecule has 0 radical (unpaired) electrons. The normalized spacial score (nSPS) is 13.1. The number of rotatable bonds is 6. The summed E-state index contributed by atoms with van der Waals surface area (Å²) in [6.07, 6.45) is 4.47. The van der Waals surface area contributed by atoms with Gasteiger partial charge in [0, 0.05) is 35.3 Å². The summed E-state index contributed by atoms with van der Waals surface area (Å²) in [4.78, 5) is 13.1. The number of benzene rings is 3. The van der Waals surface area contributed by atoms with E-state index in [0.29, 0.717) is 12.2 Å². The number of hydrogen-bond acceptors (Lipinski definition) is 4. The third kappa shape index (κ3) is 4.80. The third-order valence-corrected chi connectivity index (χ3v) is 5.89. The van der Waals surface area contributed by atoms with Gasteiger partial charge in [-0.1, -0.05) is 55.0 Å². The van der Waals surface area contributed by atoms with Crippen LogP contribution in [0.2, 0.25) is 0 Å². The monoisotopic (exact) mass is 438 g/mol. The largest absolute Gasteiger partial charge is 0.489 e. The van der Waals surface area contributed by atoms with Crippen LogP contribution in [0.15, 0.2) is 78.9 Å². The highest BCUT2D eigenvalue weighted by Crippen LogP contribution is 2.25. The fourth-order valence-corrected chi connectivity index (χ4v) is 4.18. The number of hydrogen-bond donors (Lipinski definition) is 1. The van der Waals surface area contributed by atoms with Crippen LogP contribution in [0.1, 0.15) is 41.0 Å². The maximum absolute atomic E-state index is 13.1. The van der Waals surface area contributed by atoms with E-state index < -0.39 is 0 Å². The van der Waals surface area contributed by atoms with Crippen LogP contribution < -0.4 is 10.1 Å². The molecule has 0 bridgehead atoms. The van der Waals surface area contributed by atoms with Gasteiger partial charge in [0.1, 0.15) is 18.2 Å². The Hall–Kier alpha value is -3.93. The molecule has 1 aliphatic heterocycles. The molecule has 0 atom stereocenters. The van der Waals surface area contributed by atoms with Gasteiger partial charge in [0.25, 0.3) is 5.91 Å². The summed E-state index contributed by atoms with van der Waals surface area (Å²) >= 11 is 0. The first kappa shape index (κ1) is 20.9. The van der Waals surface area contributed by atoms with E-state index in [1.165, 1.54) is 6.42 Å². The number of fused-ring (bicyclic) bond motifs is 1. The number of carbonyl (C=O) groups is 1. The van der Waals surface area contributed by atoms with Gasteiger partial charge in [-0.2, -0.15) is 0 Å². The van der Waals surface area contributed by atoms with Crippen LogP contribution in [-0.4, -0.2) is 20.7 Å². The van der Waals surface area contributed by atoms with Crippen molar-refractivity contribution < 1.29 is 9.53 Å². The Kier molecular flexibility index (Phi) is 6.15. The number of ether oxygens (including phenoxy) is 1. The summed E-state index contributed by atoms with van der Waals surface area (Å²) in [5.41, 5.74) is 3.10. The molecule has 0 saturated heterocycles. The minimum absolute atomic E-state index is 0.167. The van der Waals surface area contributed by atoms with E-state index in [9.17, 15) is 4.79 Å². The molecule has 0 saturated carbocycles. The molecule has 1 aromatic heterocycles. The Balaban J connectivity index is 1.34. The van der Waals surface area contributed by atoms with Crippen molar-refractivity contribution in [2.24, 2.45) is 0 Å². The standard InChI is InChI=1S/C27H26N4O2/c32-27(24-15-7-6-10-21(24)19-33-23-13-3-1-4-14-23)28-22-12-9-11-20(18-22)26-30-29-25-16-5-2-8-17-31(25)26/h1,3-4,6-7,9-15,18H,2,5,8,16-17,19H2,(H,28,32). The zero-order valence-electron chi connectivity index (χ0n) is 18.4. The molecule has 33 heavy (non-hydrogen) atoms. The van der Waals surface area contributed by atoms with Gasteiger partial charge in [-0.3, -0.25) is 4.79 Å². The fraction of sp³-hybridized carbons (Fsp3) is 0.222. The summed E-state index contributed by atoms with van der Waals surface area (Å²) < 4.78 is 8.08. The fourth-order valence-electron chi connectivity index (χ4n) is 4.18. The van der Waals surface area contributed by atoms with Crippen LogP contribution in [0.4, 0.5) is 5.69 Å². The maximum Gasteiger partial charge on any atom is 0.256 e. The second-order valence-corrected chi connectivity index (χ2v) is 8.20. The van der Waals surface area contributed by atoms with Gasteiger partial charge in [0.2, 0.25) is 0 Å². The van der Waals surface area contributed by atoms with E-state index in [1.54, 1.807) is 0 Å². The summed E-state index contributed by atoms with van der Waals surface area (Å²) in [6.45, 7) is 1.25. The van der Waals surface area contributed by atoms with Gasteiger partial charge in [-0.25, -0.2) is 0 Å². The predicted molar refractivity (Wildman–Crippen MR) is 128 cm³/mol. The van der Waals surface area contributed by atoms with E-state index in [-0.39, 0.29) is 5.91 Å². The van der Waals surface area contributed by atoms with Crippen molar-refractivity contribution in [3.05, 3.63) is 95.8 Å². The molecule has 1 aliphatic rings. The molecule has 1 N–H and O–H groups in total. The minimum Gasteiger partial charge on any atom is -0.489 e. The summed E-state index contributed by atoms with van der Waals surface area (Å²) in [7, 11) is 0. The number of aromatic nitrogens is 3. The van der Waals surface area contributed by atoms with Crippen molar-refractivity contribution in [1.82, 2.24) is 14.8 Å². The lowest BCUT2D eigenvalue weighted by molar-refractivity contribution is 0.102. The van der Waals surface area contributed by atoms with Gasteiger partial charge in [0.15, 0.2) is 5.82 Å². The van der Waals surface area contributed by atoms with Crippen LogP contribution in [-0.2, 0) is 19.6 Å². The Morgan fingerprint density at radius 1 is 0.909 bits per heavy atom. The van der Waals surface area contributed by atoms with E-state index in [1.807, 2.05) is 78.9 Å². The molecule has 3 aromatic carbocycles. The molecular formula is C27H26N4O2. The molecule has 5 rings (SSSR count). The zero-order valence-corrected chi connectivity index (χ0v) is 18.4. The molecule has 0 unspecified atom stereocenters. The molecule has 166 valence electrons. The Morgan fingerprint density at radius 2 is 1.76 bits per heavy atom. The number of nitrogens with one attached hydrogen (secondary N) is 1. The summed E-state index contributed by atoms with van der Waals surface area (Å²) in [5, 5.41) is 11.9. The van der Waals surface area contributed by atoms with Crippen LogP contribution >= 0.6 is 0 Å². The van der Waals surface area contributed by atoms with Crippen molar-refractivity contribution >= 4 is 11.6 Å². The Labute approximate surface area is 193 Å². The number of amides is 1. The van der Waals surface area contributed by atoms with E-state index in [4.69, 9.17) is 4.74 Å². The smallest absolute Gasteiger partial charge is 0.256 e. The van der Waals surface area contributed by atoms with Crippen molar-refractivity contribution in [2.75, 3.05) is 5.32 Å². The quantitative estimate of drug-likeness (QED) is 0.431. The van der Waals surface area contributed by atoms with Gasteiger partial charge in [0.05, 0.1) is 0 Å². The third-order valence-electron chi connectivity index (χ3n) is 5.89. The molecule has 1 amide bonds. The highest BCUT2D eigenvalue weighted by atomic mass is 16.5. The molecule has 0 spiro atoms. The van der Waals surface area contributed by atoms with Crippen molar-refractivity contribution in [3.8, 4) is 17.1 Å². The number of para-hydroxylation sites is 1. The molecular weight excluding hydrogens is 412 g/mol. The first-order valence-corrected chi connectivity index (χ1v) is 11.4. The van der Waals surface area contributed by atoms with Gasteiger partial charge in [-0.05, 0) is 43.2 Å².